The van der Waals surface area contributed by atoms with Gasteiger partial charge in [0.2, 0.25) is 0 Å². The number of carbonyl (C=O) groups is 1. The summed E-state index contributed by atoms with van der Waals surface area (Å²) in [7, 11) is 0. The molecule has 0 spiro atoms. The molecule has 0 saturated carbocycles. The third-order valence-corrected chi connectivity index (χ3v) is 2.47. The molecular formula is C9H20N2OS. The number of rotatable bonds is 6. The SMILES string of the molecule is CCCNC(=O)NC(CC)CSC. The van der Waals surface area contributed by atoms with Gasteiger partial charge >= 0.3 is 6.03 Å². The second-order valence-corrected chi connectivity index (χ2v) is 3.87. The summed E-state index contributed by atoms with van der Waals surface area (Å²) in [5.74, 6) is 0.982. The van der Waals surface area contributed by atoms with Gasteiger partial charge in [-0.2, -0.15) is 11.8 Å². The molecule has 0 aromatic rings. The lowest BCUT2D eigenvalue weighted by molar-refractivity contribution is 0.237. The molecule has 0 aromatic carbocycles. The van der Waals surface area contributed by atoms with Crippen LogP contribution in [0.5, 0.6) is 0 Å². The average Bonchev–Trinajstić information content (AvgIpc) is 2.14. The van der Waals surface area contributed by atoms with E-state index in [2.05, 4.69) is 17.6 Å². The number of amides is 2. The van der Waals surface area contributed by atoms with E-state index in [-0.39, 0.29) is 6.03 Å². The molecule has 0 aliphatic heterocycles. The standard InChI is InChI=1S/C9H20N2OS/c1-4-6-10-9(12)11-8(5-2)7-13-3/h8H,4-7H2,1-3H3,(H2,10,11,12). The second kappa shape index (κ2) is 8.23. The van der Waals surface area contributed by atoms with E-state index >= 15 is 0 Å². The van der Waals surface area contributed by atoms with Crippen LogP contribution in [0.15, 0.2) is 0 Å². The Kier molecular flexibility index (Phi) is 7.99. The molecule has 78 valence electrons. The van der Waals surface area contributed by atoms with Crippen molar-refractivity contribution in [3.63, 3.8) is 0 Å². The van der Waals surface area contributed by atoms with Crippen molar-refractivity contribution in [2.75, 3.05) is 18.6 Å². The van der Waals surface area contributed by atoms with E-state index in [1.165, 1.54) is 0 Å². The first-order valence-electron chi connectivity index (χ1n) is 4.77. The van der Waals surface area contributed by atoms with Crippen molar-refractivity contribution in [3.8, 4) is 0 Å². The van der Waals surface area contributed by atoms with Gasteiger partial charge in [0, 0.05) is 18.3 Å². The van der Waals surface area contributed by atoms with E-state index in [0.29, 0.717) is 6.04 Å². The minimum absolute atomic E-state index is 0.0391. The normalized spacial score (nSPS) is 12.2. The van der Waals surface area contributed by atoms with Crippen LogP contribution in [0.4, 0.5) is 4.79 Å². The lowest BCUT2D eigenvalue weighted by Crippen LogP contribution is -2.43. The van der Waals surface area contributed by atoms with Crippen LogP contribution < -0.4 is 10.6 Å². The van der Waals surface area contributed by atoms with Gasteiger partial charge in [0.15, 0.2) is 0 Å². The molecule has 0 fully saturated rings. The fraction of sp³-hybridized carbons (Fsp3) is 0.889. The Morgan fingerprint density at radius 1 is 1.46 bits per heavy atom. The zero-order chi connectivity index (χ0) is 10.1. The second-order valence-electron chi connectivity index (χ2n) is 2.96. The summed E-state index contributed by atoms with van der Waals surface area (Å²) in [6, 6.07) is 0.259. The largest absolute Gasteiger partial charge is 0.338 e. The number of hydrogen-bond donors (Lipinski definition) is 2. The third kappa shape index (κ3) is 6.75. The zero-order valence-corrected chi connectivity index (χ0v) is 9.54. The summed E-state index contributed by atoms with van der Waals surface area (Å²) in [6.07, 6.45) is 4.02. The fourth-order valence-corrected chi connectivity index (χ4v) is 1.66. The predicted molar refractivity (Wildman–Crippen MR) is 59.3 cm³/mol. The topological polar surface area (TPSA) is 41.1 Å². The Balaban J connectivity index is 3.60. The highest BCUT2D eigenvalue weighted by Crippen LogP contribution is 2.00. The van der Waals surface area contributed by atoms with Crippen LogP contribution in [-0.2, 0) is 0 Å². The maximum atomic E-state index is 11.2. The van der Waals surface area contributed by atoms with E-state index in [4.69, 9.17) is 0 Å². The van der Waals surface area contributed by atoms with E-state index in [0.717, 1.165) is 25.1 Å². The van der Waals surface area contributed by atoms with Crippen LogP contribution in [0.1, 0.15) is 26.7 Å². The van der Waals surface area contributed by atoms with E-state index in [1.807, 2.05) is 13.2 Å². The molecule has 2 N–H and O–H groups in total. The summed E-state index contributed by atoms with van der Waals surface area (Å²) < 4.78 is 0. The van der Waals surface area contributed by atoms with Gasteiger partial charge < -0.3 is 10.6 Å². The van der Waals surface area contributed by atoms with Crippen LogP contribution in [0.25, 0.3) is 0 Å². The van der Waals surface area contributed by atoms with E-state index in [9.17, 15) is 4.79 Å². The van der Waals surface area contributed by atoms with Gasteiger partial charge in [-0.05, 0) is 19.1 Å². The van der Waals surface area contributed by atoms with Crippen molar-refractivity contribution < 1.29 is 4.79 Å². The van der Waals surface area contributed by atoms with Crippen molar-refractivity contribution in [2.45, 2.75) is 32.7 Å². The summed E-state index contributed by atoms with van der Waals surface area (Å²) in [5, 5.41) is 5.73. The quantitative estimate of drug-likeness (QED) is 0.693. The molecule has 0 aliphatic carbocycles. The number of nitrogens with one attached hydrogen (secondary N) is 2. The van der Waals surface area contributed by atoms with Crippen molar-refractivity contribution >= 4 is 17.8 Å². The van der Waals surface area contributed by atoms with E-state index < -0.39 is 0 Å². The number of thioether (sulfide) groups is 1. The Morgan fingerprint density at radius 3 is 2.62 bits per heavy atom. The fourth-order valence-electron chi connectivity index (χ4n) is 0.938. The third-order valence-electron chi connectivity index (χ3n) is 1.73. The Bertz CT molecular complexity index is 142. The molecule has 4 heteroatoms. The lowest BCUT2D eigenvalue weighted by atomic mass is 10.3. The van der Waals surface area contributed by atoms with Crippen LogP contribution in [-0.4, -0.2) is 30.6 Å². The van der Waals surface area contributed by atoms with Gasteiger partial charge in [0.25, 0.3) is 0 Å². The maximum absolute atomic E-state index is 11.2. The maximum Gasteiger partial charge on any atom is 0.315 e. The minimum atomic E-state index is -0.0391. The summed E-state index contributed by atoms with van der Waals surface area (Å²) in [4.78, 5) is 11.2. The highest BCUT2D eigenvalue weighted by molar-refractivity contribution is 7.98. The highest BCUT2D eigenvalue weighted by Gasteiger charge is 2.07. The van der Waals surface area contributed by atoms with Crippen molar-refractivity contribution in [3.05, 3.63) is 0 Å². The zero-order valence-electron chi connectivity index (χ0n) is 8.72. The molecule has 0 aliphatic rings. The monoisotopic (exact) mass is 204 g/mol. The number of carbonyl (C=O) groups excluding carboxylic acids is 1. The molecule has 3 nitrogen and oxygen atoms in total. The molecule has 0 aromatic heterocycles. The molecule has 0 saturated heterocycles. The first-order chi connectivity index (χ1) is 6.24. The Hall–Kier alpha value is -0.380. The van der Waals surface area contributed by atoms with Crippen LogP contribution in [0.2, 0.25) is 0 Å². The van der Waals surface area contributed by atoms with Crippen LogP contribution in [0.3, 0.4) is 0 Å². The predicted octanol–water partition coefficient (Wildman–Crippen LogP) is 1.84. The smallest absolute Gasteiger partial charge is 0.315 e. The molecule has 13 heavy (non-hydrogen) atoms. The molecular weight excluding hydrogens is 184 g/mol. The van der Waals surface area contributed by atoms with Crippen molar-refractivity contribution in [1.29, 1.82) is 0 Å². The molecule has 1 unspecified atom stereocenters. The Morgan fingerprint density at radius 2 is 2.15 bits per heavy atom. The Labute approximate surface area is 85.0 Å². The molecule has 0 radical (unpaired) electrons. The van der Waals surface area contributed by atoms with Gasteiger partial charge in [-0.1, -0.05) is 13.8 Å². The lowest BCUT2D eigenvalue weighted by Gasteiger charge is -2.15. The summed E-state index contributed by atoms with van der Waals surface area (Å²) in [5.41, 5.74) is 0. The highest BCUT2D eigenvalue weighted by atomic mass is 32.2. The van der Waals surface area contributed by atoms with Crippen molar-refractivity contribution in [2.24, 2.45) is 0 Å². The van der Waals surface area contributed by atoms with Gasteiger partial charge in [0.05, 0.1) is 0 Å². The minimum Gasteiger partial charge on any atom is -0.338 e. The first-order valence-corrected chi connectivity index (χ1v) is 6.17. The molecule has 2 amide bonds. The van der Waals surface area contributed by atoms with Crippen LogP contribution in [0, 0.1) is 0 Å². The van der Waals surface area contributed by atoms with E-state index in [1.54, 1.807) is 11.8 Å². The van der Waals surface area contributed by atoms with Gasteiger partial charge in [-0.3, -0.25) is 0 Å². The average molecular weight is 204 g/mol. The number of urea groups is 1. The summed E-state index contributed by atoms with van der Waals surface area (Å²) >= 11 is 1.76. The number of hydrogen-bond acceptors (Lipinski definition) is 2. The van der Waals surface area contributed by atoms with Crippen molar-refractivity contribution in [1.82, 2.24) is 10.6 Å². The molecule has 1 atom stereocenters. The van der Waals surface area contributed by atoms with Gasteiger partial charge in [-0.25, -0.2) is 4.79 Å². The molecule has 0 rings (SSSR count). The molecule has 0 bridgehead atoms. The molecule has 0 heterocycles. The summed E-state index contributed by atoms with van der Waals surface area (Å²) in [6.45, 7) is 4.88. The van der Waals surface area contributed by atoms with Gasteiger partial charge in [-0.15, -0.1) is 0 Å². The van der Waals surface area contributed by atoms with Crippen LogP contribution >= 0.6 is 11.8 Å². The first kappa shape index (κ1) is 12.6. The van der Waals surface area contributed by atoms with Gasteiger partial charge in [0.1, 0.15) is 0 Å².